The first kappa shape index (κ1) is 15.4. The van der Waals surface area contributed by atoms with Gasteiger partial charge < -0.3 is 4.74 Å². The first-order chi connectivity index (χ1) is 10.0. The van der Waals surface area contributed by atoms with Crippen molar-refractivity contribution in [2.75, 3.05) is 13.6 Å². The highest BCUT2D eigenvalue weighted by Crippen LogP contribution is 2.26. The van der Waals surface area contributed by atoms with E-state index < -0.39 is 12.2 Å². The third-order valence-corrected chi connectivity index (χ3v) is 3.58. The summed E-state index contributed by atoms with van der Waals surface area (Å²) in [5, 5.41) is 2.76. The Morgan fingerprint density at radius 3 is 2.48 bits per heavy atom. The van der Waals surface area contributed by atoms with Gasteiger partial charge >= 0.3 is 6.09 Å². The minimum Gasteiger partial charge on any atom is -0.430 e. The standard InChI is InChI=1S/C16H22N2O3/c1-12(2)8-7-11-18-15(19)14(21-16(20)17(18)3)13-9-5-4-6-10-13/h4-6,9-10,12,14H,7-8,11H2,1-3H3. The van der Waals surface area contributed by atoms with Crippen LogP contribution in [-0.4, -0.2) is 35.6 Å². The average Bonchev–Trinajstić information content (AvgIpc) is 2.47. The number of hydrazine groups is 1. The van der Waals surface area contributed by atoms with Crippen LogP contribution in [0.15, 0.2) is 30.3 Å². The molecule has 1 fully saturated rings. The number of hydrogen-bond donors (Lipinski definition) is 0. The van der Waals surface area contributed by atoms with E-state index in [0.29, 0.717) is 18.0 Å². The van der Waals surface area contributed by atoms with Crippen molar-refractivity contribution in [3.8, 4) is 0 Å². The molecule has 1 unspecified atom stereocenters. The van der Waals surface area contributed by atoms with Gasteiger partial charge in [0.05, 0.1) is 0 Å². The Bertz CT molecular complexity index is 502. The van der Waals surface area contributed by atoms with Crippen molar-refractivity contribution in [1.29, 1.82) is 0 Å². The number of carbonyl (C=O) groups is 2. The summed E-state index contributed by atoms with van der Waals surface area (Å²) in [6.07, 6.45) is 0.549. The fourth-order valence-corrected chi connectivity index (χ4v) is 2.36. The molecule has 1 aromatic rings. The molecule has 5 nitrogen and oxygen atoms in total. The summed E-state index contributed by atoms with van der Waals surface area (Å²) in [6, 6.07) is 9.13. The molecule has 21 heavy (non-hydrogen) atoms. The van der Waals surface area contributed by atoms with Crippen molar-refractivity contribution in [3.05, 3.63) is 35.9 Å². The van der Waals surface area contributed by atoms with E-state index in [-0.39, 0.29) is 5.91 Å². The Hall–Kier alpha value is -2.04. The van der Waals surface area contributed by atoms with Gasteiger partial charge in [-0.1, -0.05) is 44.2 Å². The van der Waals surface area contributed by atoms with E-state index in [0.717, 1.165) is 12.8 Å². The molecule has 0 saturated carbocycles. The third kappa shape index (κ3) is 3.54. The Labute approximate surface area is 125 Å². The maximum absolute atomic E-state index is 12.6. The molecule has 0 N–H and O–H groups in total. The summed E-state index contributed by atoms with van der Waals surface area (Å²) < 4.78 is 5.25. The lowest BCUT2D eigenvalue weighted by Gasteiger charge is -2.38. The lowest BCUT2D eigenvalue weighted by atomic mass is 10.1. The predicted molar refractivity (Wildman–Crippen MR) is 79.2 cm³/mol. The summed E-state index contributed by atoms with van der Waals surface area (Å²) in [6.45, 7) is 4.82. The molecule has 1 heterocycles. The Balaban J connectivity index is 2.12. The largest absolute Gasteiger partial charge is 0.430 e. The minimum absolute atomic E-state index is 0.188. The normalized spacial score (nSPS) is 19.1. The second-order valence-electron chi connectivity index (χ2n) is 5.70. The van der Waals surface area contributed by atoms with Crippen LogP contribution in [0.5, 0.6) is 0 Å². The van der Waals surface area contributed by atoms with Gasteiger partial charge in [0, 0.05) is 19.2 Å². The molecule has 0 spiro atoms. The molecule has 1 atom stereocenters. The topological polar surface area (TPSA) is 49.9 Å². The lowest BCUT2D eigenvalue weighted by molar-refractivity contribution is -0.166. The van der Waals surface area contributed by atoms with Crippen LogP contribution in [0.4, 0.5) is 4.79 Å². The average molecular weight is 290 g/mol. The van der Waals surface area contributed by atoms with Crippen LogP contribution in [0.1, 0.15) is 38.4 Å². The monoisotopic (exact) mass is 290 g/mol. The summed E-state index contributed by atoms with van der Waals surface area (Å²) in [4.78, 5) is 24.5. The van der Waals surface area contributed by atoms with Gasteiger partial charge in [-0.25, -0.2) is 14.8 Å². The highest BCUT2D eigenvalue weighted by atomic mass is 16.6. The molecule has 1 saturated heterocycles. The Morgan fingerprint density at radius 2 is 1.86 bits per heavy atom. The van der Waals surface area contributed by atoms with Crippen LogP contribution in [0.25, 0.3) is 0 Å². The fraction of sp³-hybridized carbons (Fsp3) is 0.500. The van der Waals surface area contributed by atoms with Crippen LogP contribution in [0, 0.1) is 5.92 Å². The van der Waals surface area contributed by atoms with Gasteiger partial charge in [0.2, 0.25) is 6.10 Å². The number of carbonyl (C=O) groups excluding carboxylic acids is 2. The molecule has 0 bridgehead atoms. The van der Waals surface area contributed by atoms with Crippen molar-refractivity contribution in [3.63, 3.8) is 0 Å². The van der Waals surface area contributed by atoms with Crippen molar-refractivity contribution in [2.24, 2.45) is 5.92 Å². The molecule has 2 rings (SSSR count). The van der Waals surface area contributed by atoms with Crippen LogP contribution in [0.3, 0.4) is 0 Å². The molecule has 2 amide bonds. The number of cyclic esters (lactones) is 1. The second kappa shape index (κ2) is 6.61. The zero-order valence-electron chi connectivity index (χ0n) is 12.8. The van der Waals surface area contributed by atoms with Crippen LogP contribution in [0.2, 0.25) is 0 Å². The van der Waals surface area contributed by atoms with E-state index in [1.807, 2.05) is 18.2 Å². The number of amides is 2. The fourth-order valence-electron chi connectivity index (χ4n) is 2.36. The molecule has 114 valence electrons. The maximum atomic E-state index is 12.6. The van der Waals surface area contributed by atoms with Crippen LogP contribution in [-0.2, 0) is 9.53 Å². The molecular weight excluding hydrogens is 268 g/mol. The molecular formula is C16H22N2O3. The van der Waals surface area contributed by atoms with Gasteiger partial charge in [-0.05, 0) is 18.8 Å². The molecule has 1 aliphatic rings. The van der Waals surface area contributed by atoms with Crippen molar-refractivity contribution in [2.45, 2.75) is 32.8 Å². The summed E-state index contributed by atoms with van der Waals surface area (Å²) in [5.41, 5.74) is 0.706. The maximum Gasteiger partial charge on any atom is 0.429 e. The van der Waals surface area contributed by atoms with Crippen LogP contribution >= 0.6 is 0 Å². The highest BCUT2D eigenvalue weighted by Gasteiger charge is 2.39. The van der Waals surface area contributed by atoms with Crippen LogP contribution < -0.4 is 0 Å². The number of hydrogen-bond acceptors (Lipinski definition) is 3. The smallest absolute Gasteiger partial charge is 0.429 e. The number of benzene rings is 1. The molecule has 1 aromatic carbocycles. The second-order valence-corrected chi connectivity index (χ2v) is 5.70. The Morgan fingerprint density at radius 1 is 1.19 bits per heavy atom. The first-order valence-corrected chi connectivity index (χ1v) is 7.31. The summed E-state index contributed by atoms with van der Waals surface area (Å²) in [5.74, 6) is 0.388. The van der Waals surface area contributed by atoms with Gasteiger partial charge in [-0.3, -0.25) is 4.79 Å². The SMILES string of the molecule is CC(C)CCCN1C(=O)C(c2ccccc2)OC(=O)N1C. The first-order valence-electron chi connectivity index (χ1n) is 7.31. The van der Waals surface area contributed by atoms with Gasteiger partial charge in [0.25, 0.3) is 5.91 Å². The van der Waals surface area contributed by atoms with E-state index in [9.17, 15) is 9.59 Å². The van der Waals surface area contributed by atoms with Crippen molar-refractivity contribution < 1.29 is 14.3 Å². The molecule has 1 aliphatic heterocycles. The van der Waals surface area contributed by atoms with Gasteiger partial charge in [0.1, 0.15) is 0 Å². The van der Waals surface area contributed by atoms with Gasteiger partial charge in [0.15, 0.2) is 0 Å². The van der Waals surface area contributed by atoms with E-state index in [1.54, 1.807) is 19.2 Å². The molecule has 5 heteroatoms. The summed E-state index contributed by atoms with van der Waals surface area (Å²) >= 11 is 0. The zero-order valence-corrected chi connectivity index (χ0v) is 12.8. The van der Waals surface area contributed by atoms with Gasteiger partial charge in [-0.15, -0.1) is 0 Å². The summed E-state index contributed by atoms with van der Waals surface area (Å²) in [7, 11) is 1.57. The Kier molecular flexibility index (Phi) is 4.83. The number of ether oxygens (including phenoxy) is 1. The number of nitrogens with zero attached hydrogens (tertiary/aromatic N) is 2. The predicted octanol–water partition coefficient (Wildman–Crippen LogP) is 2.99. The van der Waals surface area contributed by atoms with Crippen molar-refractivity contribution >= 4 is 12.0 Å². The van der Waals surface area contributed by atoms with Crippen molar-refractivity contribution in [1.82, 2.24) is 10.0 Å². The lowest BCUT2D eigenvalue weighted by Crippen LogP contribution is -2.55. The molecule has 0 radical (unpaired) electrons. The zero-order chi connectivity index (χ0) is 15.4. The van der Waals surface area contributed by atoms with E-state index in [2.05, 4.69) is 13.8 Å². The van der Waals surface area contributed by atoms with E-state index in [4.69, 9.17) is 4.74 Å². The quantitative estimate of drug-likeness (QED) is 0.837. The minimum atomic E-state index is -0.839. The third-order valence-electron chi connectivity index (χ3n) is 3.58. The number of rotatable bonds is 5. The van der Waals surface area contributed by atoms with E-state index >= 15 is 0 Å². The molecule has 0 aliphatic carbocycles. The highest BCUT2D eigenvalue weighted by molar-refractivity contribution is 5.88. The molecule has 0 aromatic heterocycles. The van der Waals surface area contributed by atoms with Gasteiger partial charge in [-0.2, -0.15) is 0 Å². The van der Waals surface area contributed by atoms with E-state index in [1.165, 1.54) is 10.0 Å².